The Balaban J connectivity index is 2.21. The summed E-state index contributed by atoms with van der Waals surface area (Å²) in [5.74, 6) is 1.89. The van der Waals surface area contributed by atoms with Crippen molar-refractivity contribution in [2.24, 2.45) is 10.8 Å². The highest BCUT2D eigenvalue weighted by Crippen LogP contribution is 2.07. The van der Waals surface area contributed by atoms with Gasteiger partial charge in [-0.3, -0.25) is 5.43 Å². The molecule has 1 aromatic rings. The molecule has 0 aromatic carbocycles. The van der Waals surface area contributed by atoms with Crippen LogP contribution >= 0.6 is 12.2 Å². The fraction of sp³-hybridized carbons (Fsp3) is 0.333. The third-order valence-corrected chi connectivity index (χ3v) is 1.67. The van der Waals surface area contributed by atoms with Gasteiger partial charge in [0.15, 0.2) is 5.11 Å². The lowest BCUT2D eigenvalue weighted by Gasteiger charge is -1.93. The largest absolute Gasteiger partial charge is 0.466 e. The van der Waals surface area contributed by atoms with Gasteiger partial charge in [0, 0.05) is 12.6 Å². The van der Waals surface area contributed by atoms with Crippen molar-refractivity contribution >= 4 is 23.5 Å². The van der Waals surface area contributed by atoms with Gasteiger partial charge in [0.1, 0.15) is 11.5 Å². The van der Waals surface area contributed by atoms with Crippen molar-refractivity contribution in [2.75, 3.05) is 0 Å². The van der Waals surface area contributed by atoms with Crippen molar-refractivity contribution in [1.29, 1.82) is 0 Å². The molecule has 0 saturated carbocycles. The SMILES string of the molecule is Cc1ccc(CCC=NNC(N)=S)o1. The lowest BCUT2D eigenvalue weighted by molar-refractivity contribution is 0.485. The zero-order valence-corrected chi connectivity index (χ0v) is 8.80. The molecule has 0 unspecified atom stereocenters. The topological polar surface area (TPSA) is 63.5 Å². The molecular weight excluding hydrogens is 198 g/mol. The van der Waals surface area contributed by atoms with Crippen LogP contribution in [0.1, 0.15) is 17.9 Å². The third-order valence-electron chi connectivity index (χ3n) is 1.58. The molecule has 0 spiro atoms. The maximum Gasteiger partial charge on any atom is 0.184 e. The van der Waals surface area contributed by atoms with E-state index in [9.17, 15) is 0 Å². The van der Waals surface area contributed by atoms with Gasteiger partial charge < -0.3 is 10.2 Å². The van der Waals surface area contributed by atoms with E-state index >= 15 is 0 Å². The second-order valence-corrected chi connectivity index (χ2v) is 3.28. The first-order chi connectivity index (χ1) is 6.68. The number of nitrogens with one attached hydrogen (secondary N) is 1. The van der Waals surface area contributed by atoms with Crippen LogP contribution in [0.3, 0.4) is 0 Å². The fourth-order valence-corrected chi connectivity index (χ4v) is 1.05. The molecule has 3 N–H and O–H groups in total. The number of thiocarbonyl (C=S) groups is 1. The van der Waals surface area contributed by atoms with E-state index in [-0.39, 0.29) is 5.11 Å². The lowest BCUT2D eigenvalue weighted by Crippen LogP contribution is -2.23. The van der Waals surface area contributed by atoms with E-state index in [1.54, 1.807) is 6.21 Å². The predicted molar refractivity (Wildman–Crippen MR) is 60.2 cm³/mol. The van der Waals surface area contributed by atoms with Gasteiger partial charge in [0.25, 0.3) is 0 Å². The van der Waals surface area contributed by atoms with Crippen LogP contribution in [0.4, 0.5) is 0 Å². The van der Waals surface area contributed by atoms with Gasteiger partial charge in [-0.05, 0) is 37.7 Å². The van der Waals surface area contributed by atoms with Gasteiger partial charge in [0.05, 0.1) is 0 Å². The van der Waals surface area contributed by atoms with Crippen molar-refractivity contribution in [2.45, 2.75) is 19.8 Å². The van der Waals surface area contributed by atoms with Crippen molar-refractivity contribution < 1.29 is 4.42 Å². The highest BCUT2D eigenvalue weighted by molar-refractivity contribution is 7.80. The molecular formula is C9H13N3OS. The number of hydrogen-bond donors (Lipinski definition) is 2. The first kappa shape index (κ1) is 10.7. The average molecular weight is 211 g/mol. The van der Waals surface area contributed by atoms with Crippen LogP contribution in [0.5, 0.6) is 0 Å². The Hall–Kier alpha value is -1.36. The minimum absolute atomic E-state index is 0.176. The first-order valence-corrected chi connectivity index (χ1v) is 4.71. The summed E-state index contributed by atoms with van der Waals surface area (Å²) in [5.41, 5.74) is 7.66. The number of nitrogens with two attached hydrogens (primary N) is 1. The summed E-state index contributed by atoms with van der Waals surface area (Å²) in [6, 6.07) is 3.91. The summed E-state index contributed by atoms with van der Waals surface area (Å²) < 4.78 is 5.38. The minimum atomic E-state index is 0.176. The van der Waals surface area contributed by atoms with Crippen LogP contribution in [-0.4, -0.2) is 11.3 Å². The molecule has 14 heavy (non-hydrogen) atoms. The second-order valence-electron chi connectivity index (χ2n) is 2.84. The molecule has 0 aliphatic rings. The highest BCUT2D eigenvalue weighted by Gasteiger charge is 1.95. The molecule has 0 radical (unpaired) electrons. The van der Waals surface area contributed by atoms with Gasteiger partial charge in [-0.15, -0.1) is 0 Å². The van der Waals surface area contributed by atoms with Gasteiger partial charge in [0.2, 0.25) is 0 Å². The van der Waals surface area contributed by atoms with E-state index in [1.807, 2.05) is 19.1 Å². The fourth-order valence-electron chi connectivity index (χ4n) is 1.00. The summed E-state index contributed by atoms with van der Waals surface area (Å²) in [6.07, 6.45) is 3.34. The van der Waals surface area contributed by atoms with E-state index in [0.29, 0.717) is 0 Å². The number of hydrogen-bond acceptors (Lipinski definition) is 3. The average Bonchev–Trinajstić information content (AvgIpc) is 2.50. The van der Waals surface area contributed by atoms with Crippen LogP contribution in [0.15, 0.2) is 21.7 Å². The Morgan fingerprint density at radius 3 is 3.07 bits per heavy atom. The van der Waals surface area contributed by atoms with Crippen LogP contribution in [0, 0.1) is 6.92 Å². The van der Waals surface area contributed by atoms with Crippen LogP contribution < -0.4 is 11.2 Å². The third kappa shape index (κ3) is 4.04. The second kappa shape index (κ2) is 5.39. The van der Waals surface area contributed by atoms with Crippen molar-refractivity contribution in [1.82, 2.24) is 5.43 Å². The van der Waals surface area contributed by atoms with Crippen LogP contribution in [0.25, 0.3) is 0 Å². The van der Waals surface area contributed by atoms with E-state index in [0.717, 1.165) is 24.4 Å². The maximum absolute atomic E-state index is 5.38. The molecule has 0 atom stereocenters. The van der Waals surface area contributed by atoms with Crippen molar-refractivity contribution in [3.8, 4) is 0 Å². The molecule has 5 heteroatoms. The standard InChI is InChI=1S/C9H13N3OS/c1-7-4-5-8(13-7)3-2-6-11-12-9(10)14/h4-6H,2-3H2,1H3,(H3,10,12,14). The Bertz CT molecular complexity index is 333. The normalized spacial score (nSPS) is 10.6. The molecule has 1 rings (SSSR count). The zero-order valence-electron chi connectivity index (χ0n) is 7.99. The van der Waals surface area contributed by atoms with Crippen LogP contribution in [-0.2, 0) is 6.42 Å². The van der Waals surface area contributed by atoms with E-state index < -0.39 is 0 Å². The summed E-state index contributed by atoms with van der Waals surface area (Å²) in [6.45, 7) is 1.92. The first-order valence-electron chi connectivity index (χ1n) is 4.31. The molecule has 76 valence electrons. The Morgan fingerprint density at radius 2 is 2.50 bits per heavy atom. The van der Waals surface area contributed by atoms with Crippen molar-refractivity contribution in [3.05, 3.63) is 23.7 Å². The van der Waals surface area contributed by atoms with Crippen molar-refractivity contribution in [3.63, 3.8) is 0 Å². The van der Waals surface area contributed by atoms with Gasteiger partial charge >= 0.3 is 0 Å². The van der Waals surface area contributed by atoms with E-state index in [1.165, 1.54) is 0 Å². The van der Waals surface area contributed by atoms with E-state index in [2.05, 4.69) is 22.7 Å². The molecule has 0 aliphatic heterocycles. The maximum atomic E-state index is 5.38. The smallest absolute Gasteiger partial charge is 0.184 e. The molecule has 0 saturated heterocycles. The molecule has 1 heterocycles. The molecule has 4 nitrogen and oxygen atoms in total. The Labute approximate surface area is 88.2 Å². The van der Waals surface area contributed by atoms with E-state index in [4.69, 9.17) is 10.2 Å². The van der Waals surface area contributed by atoms with Gasteiger partial charge in [-0.25, -0.2) is 0 Å². The molecule has 1 aromatic heterocycles. The zero-order chi connectivity index (χ0) is 10.4. The number of nitrogens with zero attached hydrogens (tertiary/aromatic N) is 1. The quantitative estimate of drug-likeness (QED) is 0.448. The number of rotatable bonds is 4. The lowest BCUT2D eigenvalue weighted by atomic mass is 10.3. The van der Waals surface area contributed by atoms with Gasteiger partial charge in [-0.1, -0.05) is 0 Å². The number of aryl methyl sites for hydroxylation is 2. The Morgan fingerprint density at radius 1 is 1.71 bits per heavy atom. The molecule has 0 aliphatic carbocycles. The summed E-state index contributed by atoms with van der Waals surface area (Å²) >= 11 is 4.58. The highest BCUT2D eigenvalue weighted by atomic mass is 32.1. The molecule has 0 fully saturated rings. The molecule has 0 amide bonds. The molecule has 0 bridgehead atoms. The summed E-state index contributed by atoms with van der Waals surface area (Å²) in [7, 11) is 0. The van der Waals surface area contributed by atoms with Crippen LogP contribution in [0.2, 0.25) is 0 Å². The Kier molecular flexibility index (Phi) is 4.12. The summed E-state index contributed by atoms with van der Waals surface area (Å²) in [4.78, 5) is 0. The predicted octanol–water partition coefficient (Wildman–Crippen LogP) is 1.34. The number of furan rings is 1. The van der Waals surface area contributed by atoms with Gasteiger partial charge in [-0.2, -0.15) is 5.10 Å². The minimum Gasteiger partial charge on any atom is -0.466 e. The number of hydrazone groups is 1. The monoisotopic (exact) mass is 211 g/mol. The summed E-state index contributed by atoms with van der Waals surface area (Å²) in [5, 5.41) is 3.99.